The lowest BCUT2D eigenvalue weighted by molar-refractivity contribution is -0.246. The quantitative estimate of drug-likeness (QED) is 0.195. The Balaban J connectivity index is 1.13. The number of nitrogens with one attached hydrogen (secondary N) is 2. The molecule has 2 aromatic carbocycles. The maximum Gasteiger partial charge on any atom is 0.335 e. The highest BCUT2D eigenvalue weighted by Crippen LogP contribution is 2.75. The lowest BCUT2D eigenvalue weighted by atomic mass is 9.32. The molecule has 0 saturated heterocycles. The summed E-state index contributed by atoms with van der Waals surface area (Å²) in [6.07, 6.45) is 10.5. The number of aliphatic hydroxyl groups is 1. The molecule has 9 atom stereocenters. The van der Waals surface area contributed by atoms with E-state index in [1.54, 1.807) is 18.2 Å². The minimum Gasteiger partial charge on any atom is -0.478 e. The van der Waals surface area contributed by atoms with Crippen molar-refractivity contribution >= 4 is 17.8 Å². The summed E-state index contributed by atoms with van der Waals surface area (Å²) in [5.41, 5.74) is 1.63. The van der Waals surface area contributed by atoms with Gasteiger partial charge in [-0.05, 0) is 145 Å². The molecular weight excluding hydrogens is 668 g/mol. The van der Waals surface area contributed by atoms with Gasteiger partial charge in [-0.2, -0.15) is 0 Å². The van der Waals surface area contributed by atoms with E-state index in [0.717, 1.165) is 56.9 Å². The van der Waals surface area contributed by atoms with Crippen LogP contribution < -0.4 is 10.6 Å². The largest absolute Gasteiger partial charge is 0.478 e. The smallest absolute Gasteiger partial charge is 0.335 e. The molecule has 2 amide bonds. The molecule has 6 rings (SSSR count). The summed E-state index contributed by atoms with van der Waals surface area (Å²) in [4.78, 5) is 38.6. The number of amides is 2. The molecule has 0 aromatic heterocycles. The third-order valence-corrected chi connectivity index (χ3v) is 16.3. The fourth-order valence-corrected chi connectivity index (χ4v) is 13.0. The van der Waals surface area contributed by atoms with Crippen LogP contribution in [-0.2, 0) is 17.8 Å². The van der Waals surface area contributed by atoms with E-state index >= 15 is 0 Å². The van der Waals surface area contributed by atoms with Crippen molar-refractivity contribution < 1.29 is 29.0 Å². The molecule has 4 aliphatic rings. The van der Waals surface area contributed by atoms with Crippen LogP contribution in [0.2, 0.25) is 0 Å². The molecule has 290 valence electrons. The fourth-order valence-electron chi connectivity index (χ4n) is 13.0. The molecule has 0 heterocycles. The summed E-state index contributed by atoms with van der Waals surface area (Å²) in [7, 11) is 0. The van der Waals surface area contributed by atoms with Gasteiger partial charge in [-0.15, -0.1) is 0 Å². The zero-order chi connectivity index (χ0) is 38.6. The molecule has 53 heavy (non-hydrogen) atoms. The first-order valence-corrected chi connectivity index (χ1v) is 20.3. The van der Waals surface area contributed by atoms with Crippen molar-refractivity contribution in [2.75, 3.05) is 6.54 Å². The number of hydrogen-bond donors (Lipinski definition) is 4. The van der Waals surface area contributed by atoms with Crippen LogP contribution in [-0.4, -0.2) is 40.6 Å². The topological polar surface area (TPSA) is 116 Å². The number of carbonyl (C=O) groups is 3. The number of carboxylic acids is 1. The first-order chi connectivity index (χ1) is 24.9. The van der Waals surface area contributed by atoms with Crippen LogP contribution in [0.4, 0.5) is 4.39 Å². The van der Waals surface area contributed by atoms with E-state index in [1.807, 2.05) is 0 Å². The summed E-state index contributed by atoms with van der Waals surface area (Å²) in [6.45, 7) is 17.3. The van der Waals surface area contributed by atoms with Crippen molar-refractivity contribution in [2.24, 2.45) is 50.7 Å². The monoisotopic (exact) mass is 730 g/mol. The van der Waals surface area contributed by atoms with Crippen molar-refractivity contribution in [3.63, 3.8) is 0 Å². The molecular formula is C45H63FN2O5. The minimum atomic E-state index is -0.997. The second-order valence-corrected chi connectivity index (χ2v) is 18.7. The van der Waals surface area contributed by atoms with E-state index in [1.165, 1.54) is 37.1 Å². The van der Waals surface area contributed by atoms with Gasteiger partial charge in [0.25, 0.3) is 5.91 Å². The average Bonchev–Trinajstić information content (AvgIpc) is 3.11. The number of hydrogen-bond acceptors (Lipinski definition) is 4. The lowest BCUT2D eigenvalue weighted by Gasteiger charge is -2.72. The Bertz CT molecular complexity index is 1710. The molecule has 8 unspecified atom stereocenters. The van der Waals surface area contributed by atoms with Crippen LogP contribution in [0, 0.1) is 56.6 Å². The zero-order valence-corrected chi connectivity index (χ0v) is 33.1. The number of halogens is 1. The maximum atomic E-state index is 14.9. The molecule has 4 N–H and O–H groups in total. The molecule has 0 spiro atoms. The van der Waals surface area contributed by atoms with Crippen molar-refractivity contribution in [3.05, 3.63) is 70.5 Å². The van der Waals surface area contributed by atoms with E-state index < -0.39 is 23.1 Å². The number of benzene rings is 2. The zero-order valence-electron chi connectivity index (χ0n) is 33.1. The Hall–Kier alpha value is -3.26. The summed E-state index contributed by atoms with van der Waals surface area (Å²) in [5.74, 6) is -0.293. The predicted molar refractivity (Wildman–Crippen MR) is 206 cm³/mol. The Morgan fingerprint density at radius 1 is 0.830 bits per heavy atom. The van der Waals surface area contributed by atoms with E-state index in [4.69, 9.17) is 5.11 Å². The van der Waals surface area contributed by atoms with Crippen LogP contribution >= 0.6 is 0 Å². The van der Waals surface area contributed by atoms with Gasteiger partial charge in [0.2, 0.25) is 5.91 Å². The van der Waals surface area contributed by atoms with Crippen molar-refractivity contribution in [1.29, 1.82) is 0 Å². The fraction of sp³-hybridized carbons (Fsp3) is 0.667. The highest BCUT2D eigenvalue weighted by Gasteiger charge is 2.69. The number of aliphatic hydroxyl groups excluding tert-OH is 1. The summed E-state index contributed by atoms with van der Waals surface area (Å²) in [6, 6.07) is 10.9. The highest BCUT2D eigenvalue weighted by atomic mass is 19.1. The number of fused-ring (bicyclic) bond motifs is 5. The number of aromatic carboxylic acids is 1. The van der Waals surface area contributed by atoms with Crippen LogP contribution in [0.15, 0.2) is 42.5 Å². The van der Waals surface area contributed by atoms with E-state index in [9.17, 15) is 23.9 Å². The van der Waals surface area contributed by atoms with Gasteiger partial charge in [-0.1, -0.05) is 73.1 Å². The first-order valence-electron chi connectivity index (χ1n) is 20.3. The van der Waals surface area contributed by atoms with Gasteiger partial charge >= 0.3 is 5.97 Å². The van der Waals surface area contributed by atoms with Gasteiger partial charge in [-0.25, -0.2) is 9.18 Å². The van der Waals surface area contributed by atoms with Crippen molar-refractivity contribution in [3.8, 4) is 0 Å². The summed E-state index contributed by atoms with van der Waals surface area (Å²) < 4.78 is 14.9. The van der Waals surface area contributed by atoms with Gasteiger partial charge in [0, 0.05) is 13.1 Å². The molecule has 0 radical (unpaired) electrons. The molecule has 7 nitrogen and oxygen atoms in total. The maximum absolute atomic E-state index is 14.9. The highest BCUT2D eigenvalue weighted by molar-refractivity contribution is 5.94. The van der Waals surface area contributed by atoms with Crippen molar-refractivity contribution in [2.45, 2.75) is 132 Å². The standard InChI is InChI=1S/C45H63FN2O5/c1-8-20-45(40(53)48-27-30-11-15-34(46)32(26-30)38(50)47-25-19-29-9-12-31(13-10-29)39(51)52)24-23-43(6)33(28(45)2)14-16-36-42(5)21-18-37(49)41(3,4)35(42)17-22-44(36,43)7/h9-13,15,26,28,33,35-37,49H,8,14,16-25,27H2,1-7H3,(H,47,50)(H,48,53)(H,51,52)/t28?,33?,35?,36?,37?,42?,43-,44?,45?/m1/s1. The molecule has 8 heteroatoms. The molecule has 0 aliphatic heterocycles. The van der Waals surface area contributed by atoms with Gasteiger partial charge in [-0.3, -0.25) is 9.59 Å². The summed E-state index contributed by atoms with van der Waals surface area (Å²) in [5, 5.41) is 26.2. The average molecular weight is 731 g/mol. The minimum absolute atomic E-state index is 0.0627. The molecule has 4 aliphatic carbocycles. The van der Waals surface area contributed by atoms with Gasteiger partial charge in [0.05, 0.1) is 22.6 Å². The second-order valence-electron chi connectivity index (χ2n) is 18.7. The third-order valence-electron chi connectivity index (χ3n) is 16.3. The third kappa shape index (κ3) is 6.53. The van der Waals surface area contributed by atoms with E-state index in [0.29, 0.717) is 29.7 Å². The van der Waals surface area contributed by atoms with Crippen LogP contribution in [0.25, 0.3) is 0 Å². The SMILES string of the molecule is CCCC1(C(=O)NCc2ccc(F)c(C(=O)NCCc3ccc(C(=O)O)cc3)c2)CC[C@]2(C)C(CCC3C4(C)CCC(O)C(C)(C)C4CCC32C)C1C. The molecule has 4 fully saturated rings. The Morgan fingerprint density at radius 2 is 1.53 bits per heavy atom. The molecule has 0 bridgehead atoms. The lowest BCUT2D eigenvalue weighted by Crippen LogP contribution is -2.67. The molecule has 4 saturated carbocycles. The van der Waals surface area contributed by atoms with Gasteiger partial charge in [0.1, 0.15) is 5.82 Å². The first kappa shape index (κ1) is 39.4. The molecule has 2 aromatic rings. The van der Waals surface area contributed by atoms with Gasteiger partial charge < -0.3 is 20.8 Å². The van der Waals surface area contributed by atoms with Crippen LogP contribution in [0.1, 0.15) is 145 Å². The number of rotatable bonds is 10. The Labute approximate surface area is 316 Å². The van der Waals surface area contributed by atoms with Crippen LogP contribution in [0.5, 0.6) is 0 Å². The van der Waals surface area contributed by atoms with Crippen LogP contribution in [0.3, 0.4) is 0 Å². The van der Waals surface area contributed by atoms with E-state index in [2.05, 4.69) is 59.1 Å². The number of carboxylic acid groups (broad SMARTS) is 1. The van der Waals surface area contributed by atoms with E-state index in [-0.39, 0.29) is 63.8 Å². The van der Waals surface area contributed by atoms with Crippen molar-refractivity contribution in [1.82, 2.24) is 10.6 Å². The second kappa shape index (κ2) is 14.4. The normalized spacial score (nSPS) is 36.0. The summed E-state index contributed by atoms with van der Waals surface area (Å²) >= 11 is 0. The van der Waals surface area contributed by atoms with Gasteiger partial charge in [0.15, 0.2) is 0 Å². The number of carbonyl (C=O) groups excluding carboxylic acids is 2. The predicted octanol–water partition coefficient (Wildman–Crippen LogP) is 8.97. The Kier molecular flexibility index (Phi) is 10.7. The Morgan fingerprint density at radius 3 is 2.21 bits per heavy atom.